The summed E-state index contributed by atoms with van der Waals surface area (Å²) in [5.74, 6) is -0.825. The molecule has 10 heteroatoms. The second-order valence-corrected chi connectivity index (χ2v) is 8.67. The zero-order valence-electron chi connectivity index (χ0n) is 17.8. The Morgan fingerprint density at radius 1 is 1.16 bits per heavy atom. The van der Waals surface area contributed by atoms with Crippen molar-refractivity contribution in [3.63, 3.8) is 0 Å². The van der Waals surface area contributed by atoms with Crippen molar-refractivity contribution in [1.29, 1.82) is 0 Å². The lowest BCUT2D eigenvalue weighted by atomic mass is 10.0. The average molecular weight is 438 g/mol. The number of benzene rings is 1. The van der Waals surface area contributed by atoms with E-state index in [9.17, 15) is 14.4 Å². The van der Waals surface area contributed by atoms with Gasteiger partial charge in [0.25, 0.3) is 5.91 Å². The molecule has 3 amide bonds. The molecule has 2 atom stereocenters. The van der Waals surface area contributed by atoms with Crippen molar-refractivity contribution in [3.8, 4) is 0 Å². The zero-order valence-corrected chi connectivity index (χ0v) is 17.8. The van der Waals surface area contributed by atoms with Gasteiger partial charge >= 0.3 is 0 Å². The van der Waals surface area contributed by atoms with E-state index in [1.165, 1.54) is 12.8 Å². The number of carbonyl (C=O) groups is 3. The Bertz CT molecular complexity index is 1040. The smallest absolute Gasteiger partial charge is 0.255 e. The van der Waals surface area contributed by atoms with Crippen LogP contribution >= 0.6 is 0 Å². The van der Waals surface area contributed by atoms with Gasteiger partial charge in [0.05, 0.1) is 12.2 Å². The molecule has 5 rings (SSSR count). The van der Waals surface area contributed by atoms with Gasteiger partial charge in [-0.1, -0.05) is 17.3 Å². The minimum atomic E-state index is -0.599. The van der Waals surface area contributed by atoms with Crippen LogP contribution in [0.5, 0.6) is 0 Å². The van der Waals surface area contributed by atoms with Gasteiger partial charge in [0, 0.05) is 43.9 Å². The van der Waals surface area contributed by atoms with Gasteiger partial charge < -0.3 is 15.5 Å². The monoisotopic (exact) mass is 437 g/mol. The molecule has 1 aromatic heterocycles. The molecule has 1 unspecified atom stereocenters. The van der Waals surface area contributed by atoms with Crippen molar-refractivity contribution in [3.05, 3.63) is 46.8 Å². The Morgan fingerprint density at radius 3 is 2.88 bits per heavy atom. The molecule has 0 bridgehead atoms. The van der Waals surface area contributed by atoms with Gasteiger partial charge in [-0.3, -0.25) is 24.4 Å². The lowest BCUT2D eigenvalue weighted by molar-refractivity contribution is -0.136. The van der Waals surface area contributed by atoms with Crippen molar-refractivity contribution < 1.29 is 14.4 Å². The predicted octanol–water partition coefficient (Wildman–Crippen LogP) is 0.0809. The first-order valence-electron chi connectivity index (χ1n) is 11.2. The van der Waals surface area contributed by atoms with Crippen molar-refractivity contribution in [2.75, 3.05) is 6.54 Å². The first kappa shape index (κ1) is 20.8. The third kappa shape index (κ3) is 4.15. The Labute approximate surface area is 185 Å². The maximum absolute atomic E-state index is 12.9. The van der Waals surface area contributed by atoms with E-state index < -0.39 is 11.9 Å². The average Bonchev–Trinajstić information content (AvgIpc) is 3.51. The molecule has 3 aliphatic rings. The number of aromatic nitrogens is 3. The predicted molar refractivity (Wildman–Crippen MR) is 114 cm³/mol. The van der Waals surface area contributed by atoms with E-state index in [1.807, 2.05) is 23.0 Å². The van der Waals surface area contributed by atoms with Gasteiger partial charge in [0.15, 0.2) is 0 Å². The van der Waals surface area contributed by atoms with E-state index >= 15 is 0 Å². The molecule has 0 saturated carbocycles. The molecular weight excluding hydrogens is 410 g/mol. The minimum absolute atomic E-state index is 0.153. The van der Waals surface area contributed by atoms with Crippen molar-refractivity contribution in [1.82, 2.24) is 35.8 Å². The van der Waals surface area contributed by atoms with Crippen LogP contribution < -0.4 is 16.0 Å². The summed E-state index contributed by atoms with van der Waals surface area (Å²) in [5, 5.41) is 17.7. The molecule has 32 heavy (non-hydrogen) atoms. The van der Waals surface area contributed by atoms with Crippen LogP contribution in [0.1, 0.15) is 52.9 Å². The number of nitrogens with one attached hydrogen (secondary N) is 3. The fourth-order valence-electron chi connectivity index (χ4n) is 4.79. The van der Waals surface area contributed by atoms with Crippen LogP contribution in [0.2, 0.25) is 0 Å². The summed E-state index contributed by atoms with van der Waals surface area (Å²) >= 11 is 0. The van der Waals surface area contributed by atoms with Crippen LogP contribution in [0.15, 0.2) is 24.4 Å². The van der Waals surface area contributed by atoms with Crippen molar-refractivity contribution in [2.24, 2.45) is 0 Å². The van der Waals surface area contributed by atoms with Gasteiger partial charge in [0.1, 0.15) is 6.04 Å². The van der Waals surface area contributed by atoms with E-state index in [0.29, 0.717) is 37.7 Å². The minimum Gasteiger partial charge on any atom is -0.322 e. The normalized spacial score (nSPS) is 23.0. The Balaban J connectivity index is 1.20. The molecule has 3 aliphatic heterocycles. The van der Waals surface area contributed by atoms with E-state index in [1.54, 1.807) is 11.0 Å². The van der Waals surface area contributed by atoms with Gasteiger partial charge in [-0.05, 0) is 43.0 Å². The Kier molecular flexibility index (Phi) is 5.71. The Morgan fingerprint density at radius 2 is 2.06 bits per heavy atom. The van der Waals surface area contributed by atoms with Gasteiger partial charge in [0.2, 0.25) is 11.8 Å². The fraction of sp³-hybridized carbons (Fsp3) is 0.500. The summed E-state index contributed by atoms with van der Waals surface area (Å²) in [6.07, 6.45) is 4.96. The molecule has 3 N–H and O–H groups in total. The highest BCUT2D eigenvalue weighted by Crippen LogP contribution is 2.29. The molecule has 168 valence electrons. The van der Waals surface area contributed by atoms with Crippen LogP contribution in [-0.2, 0) is 35.8 Å². The third-order valence-corrected chi connectivity index (χ3v) is 6.46. The number of hydrogen-bond acceptors (Lipinski definition) is 7. The number of rotatable bonds is 7. The number of fused-ring (bicyclic) bond motifs is 1. The summed E-state index contributed by atoms with van der Waals surface area (Å²) in [4.78, 5) is 38.2. The summed E-state index contributed by atoms with van der Waals surface area (Å²) in [6, 6.07) is 5.53. The number of carbonyl (C=O) groups excluding carboxylic acids is 3. The van der Waals surface area contributed by atoms with E-state index in [0.717, 1.165) is 29.9 Å². The summed E-state index contributed by atoms with van der Waals surface area (Å²) in [7, 11) is 0. The number of nitrogens with zero attached hydrogens (tertiary/aromatic N) is 4. The molecule has 0 spiro atoms. The first-order chi connectivity index (χ1) is 15.6. The van der Waals surface area contributed by atoms with Crippen molar-refractivity contribution in [2.45, 2.75) is 63.9 Å². The highest BCUT2D eigenvalue weighted by atomic mass is 16.2. The largest absolute Gasteiger partial charge is 0.322 e. The maximum atomic E-state index is 12.9. The SMILES string of the molecule is O=C1CCC(N2Cc3c(CNCc4cn(C[C@@H]5CCCN5)nn4)cccc3C2=O)C(=O)N1. The molecule has 0 radical (unpaired) electrons. The maximum Gasteiger partial charge on any atom is 0.255 e. The zero-order chi connectivity index (χ0) is 22.1. The lowest BCUT2D eigenvalue weighted by Gasteiger charge is -2.29. The molecule has 0 aliphatic carbocycles. The standard InChI is InChI=1S/C22H27N7O3/c30-20-7-6-19(21(31)25-20)29-13-18-14(3-1-5-17(18)22(29)32)9-23-10-16-12-28(27-26-16)11-15-4-2-8-24-15/h1,3,5,12,15,19,23-24H,2,4,6-11,13H2,(H,25,30,31)/t15-,19?/m0/s1. The van der Waals surface area contributed by atoms with Crippen molar-refractivity contribution >= 4 is 17.7 Å². The summed E-state index contributed by atoms with van der Waals surface area (Å²) < 4.78 is 1.89. The number of piperidine rings is 1. The van der Waals surface area contributed by atoms with Crippen LogP contribution in [0.4, 0.5) is 0 Å². The highest BCUT2D eigenvalue weighted by Gasteiger charge is 2.39. The van der Waals surface area contributed by atoms with Gasteiger partial charge in [-0.25, -0.2) is 0 Å². The van der Waals surface area contributed by atoms with Crippen LogP contribution in [-0.4, -0.2) is 56.2 Å². The quantitative estimate of drug-likeness (QED) is 0.525. The lowest BCUT2D eigenvalue weighted by Crippen LogP contribution is -2.52. The highest BCUT2D eigenvalue weighted by molar-refractivity contribution is 6.05. The van der Waals surface area contributed by atoms with Crippen LogP contribution in [0.25, 0.3) is 0 Å². The number of amides is 3. The summed E-state index contributed by atoms with van der Waals surface area (Å²) in [5.41, 5.74) is 3.46. The molecule has 2 fully saturated rings. The van der Waals surface area contributed by atoms with E-state index in [-0.39, 0.29) is 18.2 Å². The third-order valence-electron chi connectivity index (χ3n) is 6.46. The fourth-order valence-corrected chi connectivity index (χ4v) is 4.79. The second-order valence-electron chi connectivity index (χ2n) is 8.67. The molecule has 1 aromatic carbocycles. The summed E-state index contributed by atoms with van der Waals surface area (Å²) in [6.45, 7) is 3.43. The van der Waals surface area contributed by atoms with E-state index in [4.69, 9.17) is 0 Å². The van der Waals surface area contributed by atoms with Gasteiger partial charge in [-0.2, -0.15) is 0 Å². The number of imide groups is 1. The topological polar surface area (TPSA) is 121 Å². The molecular formula is C22H27N7O3. The molecule has 10 nitrogen and oxygen atoms in total. The van der Waals surface area contributed by atoms with Crippen LogP contribution in [0, 0.1) is 0 Å². The Hall–Kier alpha value is -3.11. The van der Waals surface area contributed by atoms with Gasteiger partial charge in [-0.15, -0.1) is 5.10 Å². The molecule has 2 aromatic rings. The first-order valence-corrected chi connectivity index (χ1v) is 11.2. The van der Waals surface area contributed by atoms with E-state index in [2.05, 4.69) is 26.3 Å². The second kappa shape index (κ2) is 8.79. The molecule has 4 heterocycles. The number of hydrogen-bond donors (Lipinski definition) is 3. The van der Waals surface area contributed by atoms with Crippen LogP contribution in [0.3, 0.4) is 0 Å². The molecule has 2 saturated heterocycles.